The Labute approximate surface area is 111 Å². The van der Waals surface area contributed by atoms with Crippen LogP contribution in [0.4, 0.5) is 0 Å². The highest BCUT2D eigenvalue weighted by molar-refractivity contribution is 5.71. The average Bonchev–Trinajstić information content (AvgIpc) is 2.34. The lowest BCUT2D eigenvalue weighted by Crippen LogP contribution is -1.93. The molecule has 0 aliphatic heterocycles. The maximum absolute atomic E-state index is 4.33. The minimum absolute atomic E-state index is 0.722. The van der Waals surface area contributed by atoms with E-state index in [1.165, 1.54) is 22.3 Å². The van der Waals surface area contributed by atoms with E-state index in [-0.39, 0.29) is 0 Å². The predicted octanol–water partition coefficient (Wildman–Crippen LogP) is 4.42. The van der Waals surface area contributed by atoms with Crippen LogP contribution in [0.1, 0.15) is 36.1 Å². The summed E-state index contributed by atoms with van der Waals surface area (Å²) in [5.41, 5.74) is 5.22. The molecule has 1 aromatic rings. The molecule has 0 radical (unpaired) electrons. The monoisotopic (exact) mass is 244 g/mol. The molecule has 0 aliphatic carbocycles. The second-order valence-electron chi connectivity index (χ2n) is 3.89. The van der Waals surface area contributed by atoms with E-state index in [4.69, 9.17) is 0 Å². The van der Waals surface area contributed by atoms with Crippen molar-refractivity contribution in [2.24, 2.45) is 9.98 Å². The van der Waals surface area contributed by atoms with Crippen molar-refractivity contribution in [3.63, 3.8) is 0 Å². The van der Waals surface area contributed by atoms with Crippen LogP contribution in [0.3, 0.4) is 0 Å². The van der Waals surface area contributed by atoms with Crippen molar-refractivity contribution in [2.45, 2.75) is 41.2 Å². The van der Waals surface area contributed by atoms with Gasteiger partial charge in [0.1, 0.15) is 0 Å². The van der Waals surface area contributed by atoms with Gasteiger partial charge in [0.05, 0.1) is 6.54 Å². The van der Waals surface area contributed by atoms with E-state index in [0.717, 1.165) is 6.54 Å². The summed E-state index contributed by atoms with van der Waals surface area (Å²) < 4.78 is 0. The van der Waals surface area contributed by atoms with Crippen LogP contribution in [0, 0.1) is 20.8 Å². The van der Waals surface area contributed by atoms with E-state index in [9.17, 15) is 0 Å². The lowest BCUT2D eigenvalue weighted by Gasteiger charge is -2.08. The van der Waals surface area contributed by atoms with Crippen LogP contribution in [0.2, 0.25) is 0 Å². The summed E-state index contributed by atoms with van der Waals surface area (Å²) in [5, 5.41) is 0. The van der Waals surface area contributed by atoms with Gasteiger partial charge in [0, 0.05) is 12.4 Å². The first-order chi connectivity index (χ1) is 8.65. The molecule has 2 heteroatoms. The molecule has 0 bridgehead atoms. The Hall–Kier alpha value is -1.70. The zero-order valence-corrected chi connectivity index (χ0v) is 12.2. The van der Waals surface area contributed by atoms with Crippen LogP contribution in [-0.2, 0) is 6.54 Å². The minimum Gasteiger partial charge on any atom is -0.288 e. The van der Waals surface area contributed by atoms with E-state index < -0.39 is 0 Å². The number of hydrogen-bond acceptors (Lipinski definition) is 2. The van der Waals surface area contributed by atoms with Crippen LogP contribution in [0.5, 0.6) is 0 Å². The number of rotatable bonds is 4. The van der Waals surface area contributed by atoms with E-state index >= 15 is 0 Å². The predicted molar refractivity (Wildman–Crippen MR) is 82.9 cm³/mol. The molecule has 0 fully saturated rings. The number of aliphatic imine (C=N–C) groups is 2. The number of benzene rings is 1. The molecule has 0 saturated carbocycles. The molecule has 0 amide bonds. The molecule has 0 saturated heterocycles. The second kappa shape index (κ2) is 9.34. The summed E-state index contributed by atoms with van der Waals surface area (Å²) in [4.78, 5) is 7.94. The molecule has 0 atom stereocenters. The van der Waals surface area contributed by atoms with Gasteiger partial charge < -0.3 is 0 Å². The maximum Gasteiger partial charge on any atom is 0.0644 e. The van der Waals surface area contributed by atoms with E-state index in [1.54, 1.807) is 18.5 Å². The van der Waals surface area contributed by atoms with Gasteiger partial charge in [-0.05, 0) is 50.3 Å². The SMILES string of the molecule is C=N/C=C\C=NCc1c(C)cc(C)cc1C.CC. The molecule has 0 heterocycles. The first kappa shape index (κ1) is 16.3. The van der Waals surface area contributed by atoms with Gasteiger partial charge in [-0.1, -0.05) is 31.5 Å². The topological polar surface area (TPSA) is 24.7 Å². The zero-order valence-electron chi connectivity index (χ0n) is 12.2. The Balaban J connectivity index is 0.00000137. The van der Waals surface area contributed by atoms with Crippen LogP contribution in [0.25, 0.3) is 0 Å². The highest BCUT2D eigenvalue weighted by atomic mass is 14.7. The Morgan fingerprint density at radius 2 is 1.67 bits per heavy atom. The summed E-state index contributed by atoms with van der Waals surface area (Å²) in [5.74, 6) is 0. The molecule has 98 valence electrons. The summed E-state index contributed by atoms with van der Waals surface area (Å²) in [6.45, 7) is 14.5. The number of hydrogen-bond donors (Lipinski definition) is 0. The Morgan fingerprint density at radius 1 is 1.11 bits per heavy atom. The van der Waals surface area contributed by atoms with Crippen molar-refractivity contribution in [1.29, 1.82) is 0 Å². The van der Waals surface area contributed by atoms with Gasteiger partial charge in [-0.2, -0.15) is 0 Å². The smallest absolute Gasteiger partial charge is 0.0644 e. The molecule has 1 rings (SSSR count). The first-order valence-corrected chi connectivity index (χ1v) is 6.32. The van der Waals surface area contributed by atoms with E-state index in [0.29, 0.717) is 0 Å². The van der Waals surface area contributed by atoms with Crippen molar-refractivity contribution in [3.05, 3.63) is 46.7 Å². The quantitative estimate of drug-likeness (QED) is 0.700. The average molecular weight is 244 g/mol. The first-order valence-electron chi connectivity index (χ1n) is 6.32. The van der Waals surface area contributed by atoms with Gasteiger partial charge in [0.25, 0.3) is 0 Å². The standard InChI is InChI=1S/C14H18N2.C2H6/c1-11-8-12(2)14(13(3)9-11)10-16-7-5-6-15-4;1-2/h5-9H,4,10H2,1-3H3;1-2H3/b6-5-,16-7?;. The van der Waals surface area contributed by atoms with Crippen LogP contribution in [-0.4, -0.2) is 12.9 Å². The van der Waals surface area contributed by atoms with Gasteiger partial charge in [-0.15, -0.1) is 0 Å². The van der Waals surface area contributed by atoms with Crippen molar-refractivity contribution < 1.29 is 0 Å². The van der Waals surface area contributed by atoms with Crippen molar-refractivity contribution in [3.8, 4) is 0 Å². The van der Waals surface area contributed by atoms with E-state index in [1.807, 2.05) is 13.8 Å². The number of aryl methyl sites for hydroxylation is 3. The number of nitrogens with zero attached hydrogens (tertiary/aromatic N) is 2. The van der Waals surface area contributed by atoms with Gasteiger partial charge in [-0.25, -0.2) is 0 Å². The van der Waals surface area contributed by atoms with Crippen LogP contribution >= 0.6 is 0 Å². The molecule has 0 unspecified atom stereocenters. The molecule has 2 nitrogen and oxygen atoms in total. The van der Waals surface area contributed by atoms with Crippen molar-refractivity contribution in [2.75, 3.05) is 0 Å². The third-order valence-corrected chi connectivity index (χ3v) is 2.47. The summed E-state index contributed by atoms with van der Waals surface area (Å²) in [6, 6.07) is 4.39. The lowest BCUT2D eigenvalue weighted by molar-refractivity contribution is 1.03. The summed E-state index contributed by atoms with van der Waals surface area (Å²) in [7, 11) is 0. The van der Waals surface area contributed by atoms with Crippen molar-refractivity contribution >= 4 is 12.9 Å². The van der Waals surface area contributed by atoms with Gasteiger partial charge in [0.15, 0.2) is 0 Å². The molecular weight excluding hydrogens is 220 g/mol. The molecular formula is C16H24N2. The molecule has 0 aromatic heterocycles. The number of allylic oxidation sites excluding steroid dienone is 1. The van der Waals surface area contributed by atoms with Gasteiger partial charge >= 0.3 is 0 Å². The third kappa shape index (κ3) is 5.58. The lowest BCUT2D eigenvalue weighted by atomic mass is 10.00. The molecule has 0 aliphatic rings. The molecule has 0 N–H and O–H groups in total. The Morgan fingerprint density at radius 3 is 2.17 bits per heavy atom. The largest absolute Gasteiger partial charge is 0.288 e. The van der Waals surface area contributed by atoms with Crippen LogP contribution in [0.15, 0.2) is 34.4 Å². The highest BCUT2D eigenvalue weighted by Gasteiger charge is 2.01. The van der Waals surface area contributed by atoms with Gasteiger partial charge in [-0.3, -0.25) is 9.98 Å². The Kier molecular flexibility index (Phi) is 8.46. The Bertz CT molecular complexity index is 406. The highest BCUT2D eigenvalue weighted by Crippen LogP contribution is 2.16. The molecule has 0 spiro atoms. The zero-order chi connectivity index (χ0) is 14.0. The van der Waals surface area contributed by atoms with E-state index in [2.05, 4.69) is 49.6 Å². The third-order valence-electron chi connectivity index (χ3n) is 2.47. The van der Waals surface area contributed by atoms with Gasteiger partial charge in [0.2, 0.25) is 0 Å². The fraction of sp³-hybridized carbons (Fsp3) is 0.375. The normalized spacial score (nSPS) is 10.5. The molecule has 1 aromatic carbocycles. The molecule has 18 heavy (non-hydrogen) atoms. The second-order valence-corrected chi connectivity index (χ2v) is 3.89. The summed E-state index contributed by atoms with van der Waals surface area (Å²) in [6.07, 6.45) is 5.16. The maximum atomic E-state index is 4.33. The fourth-order valence-electron chi connectivity index (χ4n) is 1.76. The minimum atomic E-state index is 0.722. The van der Waals surface area contributed by atoms with Crippen LogP contribution < -0.4 is 0 Å². The van der Waals surface area contributed by atoms with Crippen molar-refractivity contribution in [1.82, 2.24) is 0 Å². The summed E-state index contributed by atoms with van der Waals surface area (Å²) >= 11 is 0. The fourth-order valence-corrected chi connectivity index (χ4v) is 1.76.